The van der Waals surface area contributed by atoms with Gasteiger partial charge >= 0.3 is 0 Å². The zero-order chi connectivity index (χ0) is 15.6. The van der Waals surface area contributed by atoms with Crippen LogP contribution in [0.1, 0.15) is 5.56 Å². The number of sulfonamides is 1. The highest BCUT2D eigenvalue weighted by molar-refractivity contribution is 7.92. The largest absolute Gasteiger partial charge is 0.495 e. The molecule has 0 saturated carbocycles. The summed E-state index contributed by atoms with van der Waals surface area (Å²) in [6, 6.07) is 8.52. The number of hydrogen-bond acceptors (Lipinski definition) is 4. The Bertz CT molecular complexity index is 756. The second-order valence-electron chi connectivity index (χ2n) is 4.45. The molecule has 0 bridgehead atoms. The van der Waals surface area contributed by atoms with E-state index < -0.39 is 15.8 Å². The molecule has 0 aliphatic carbocycles. The van der Waals surface area contributed by atoms with Gasteiger partial charge in [0.1, 0.15) is 16.5 Å². The van der Waals surface area contributed by atoms with Gasteiger partial charge in [0.15, 0.2) is 0 Å². The van der Waals surface area contributed by atoms with Gasteiger partial charge < -0.3 is 10.5 Å². The first-order chi connectivity index (χ1) is 9.85. The summed E-state index contributed by atoms with van der Waals surface area (Å²) in [5.41, 5.74) is 6.25. The maximum Gasteiger partial charge on any atom is 0.265 e. The Labute approximate surface area is 122 Å². The van der Waals surface area contributed by atoms with Gasteiger partial charge in [-0.2, -0.15) is 0 Å². The van der Waals surface area contributed by atoms with Crippen LogP contribution in [0.2, 0.25) is 0 Å². The quantitative estimate of drug-likeness (QED) is 0.850. The molecule has 0 unspecified atom stereocenters. The number of nitrogens with two attached hydrogens (primary N) is 1. The van der Waals surface area contributed by atoms with Gasteiger partial charge in [-0.05, 0) is 36.8 Å². The summed E-state index contributed by atoms with van der Waals surface area (Å²) in [4.78, 5) is -0.146. The van der Waals surface area contributed by atoms with E-state index in [2.05, 4.69) is 4.72 Å². The van der Waals surface area contributed by atoms with Crippen molar-refractivity contribution in [1.29, 1.82) is 0 Å². The molecular weight excluding hydrogens is 295 g/mol. The van der Waals surface area contributed by atoms with Crippen molar-refractivity contribution in [2.75, 3.05) is 17.6 Å². The van der Waals surface area contributed by atoms with Crippen LogP contribution in [0.15, 0.2) is 41.3 Å². The molecule has 0 aromatic heterocycles. The first-order valence-corrected chi connectivity index (χ1v) is 7.55. The van der Waals surface area contributed by atoms with Crippen LogP contribution in [0.25, 0.3) is 0 Å². The molecule has 7 heteroatoms. The van der Waals surface area contributed by atoms with E-state index in [4.69, 9.17) is 10.5 Å². The summed E-state index contributed by atoms with van der Waals surface area (Å²) in [6.07, 6.45) is 0. The summed E-state index contributed by atoms with van der Waals surface area (Å²) in [5, 5.41) is 0. The molecule has 2 aromatic carbocycles. The molecule has 3 N–H and O–H groups in total. The van der Waals surface area contributed by atoms with E-state index in [0.29, 0.717) is 5.56 Å². The molecule has 112 valence electrons. The molecule has 0 saturated heterocycles. The highest BCUT2D eigenvalue weighted by Gasteiger charge is 2.22. The average molecular weight is 310 g/mol. The van der Waals surface area contributed by atoms with E-state index in [1.165, 1.54) is 37.4 Å². The van der Waals surface area contributed by atoms with Crippen LogP contribution in [0, 0.1) is 12.7 Å². The van der Waals surface area contributed by atoms with Crippen molar-refractivity contribution in [1.82, 2.24) is 0 Å². The number of benzene rings is 2. The normalized spacial score (nSPS) is 11.2. The Balaban J connectivity index is 2.51. The average Bonchev–Trinajstić information content (AvgIpc) is 2.43. The third-order valence-electron chi connectivity index (χ3n) is 2.94. The molecule has 0 aliphatic rings. The molecule has 0 amide bonds. The first kappa shape index (κ1) is 15.1. The number of nitrogen functional groups attached to an aromatic ring is 1. The SMILES string of the molecule is COc1ccc(N)cc1S(=O)(=O)Nc1c(C)cccc1F. The highest BCUT2D eigenvalue weighted by Crippen LogP contribution is 2.29. The minimum Gasteiger partial charge on any atom is -0.495 e. The van der Waals surface area contributed by atoms with E-state index >= 15 is 0 Å². The Morgan fingerprint density at radius 3 is 2.57 bits per heavy atom. The number of rotatable bonds is 4. The van der Waals surface area contributed by atoms with Crippen LogP contribution in [0.4, 0.5) is 15.8 Å². The van der Waals surface area contributed by atoms with Gasteiger partial charge in [-0.1, -0.05) is 12.1 Å². The van der Waals surface area contributed by atoms with E-state index in [-0.39, 0.29) is 22.0 Å². The van der Waals surface area contributed by atoms with Gasteiger partial charge in [0.2, 0.25) is 0 Å². The molecule has 0 spiro atoms. The van der Waals surface area contributed by atoms with E-state index in [1.807, 2.05) is 0 Å². The lowest BCUT2D eigenvalue weighted by molar-refractivity contribution is 0.403. The number of methoxy groups -OCH3 is 1. The fourth-order valence-electron chi connectivity index (χ4n) is 1.85. The van der Waals surface area contributed by atoms with Gasteiger partial charge in [-0.25, -0.2) is 12.8 Å². The van der Waals surface area contributed by atoms with E-state index in [0.717, 1.165) is 0 Å². The molecule has 5 nitrogen and oxygen atoms in total. The number of nitrogens with one attached hydrogen (secondary N) is 1. The highest BCUT2D eigenvalue weighted by atomic mass is 32.2. The van der Waals surface area contributed by atoms with Gasteiger partial charge in [0.05, 0.1) is 12.8 Å². The summed E-state index contributed by atoms with van der Waals surface area (Å²) < 4.78 is 45.9. The molecule has 0 fully saturated rings. The smallest absolute Gasteiger partial charge is 0.265 e. The second kappa shape index (κ2) is 5.61. The standard InChI is InChI=1S/C14H15FN2O3S/c1-9-4-3-5-11(15)14(9)17-21(18,19)13-8-10(16)6-7-12(13)20-2/h3-8,17H,16H2,1-2H3. The van der Waals surface area contributed by atoms with Crippen molar-refractivity contribution >= 4 is 21.4 Å². The third-order valence-corrected chi connectivity index (χ3v) is 4.31. The number of ether oxygens (including phenoxy) is 1. The first-order valence-electron chi connectivity index (χ1n) is 6.06. The summed E-state index contributed by atoms with van der Waals surface area (Å²) in [6.45, 7) is 1.61. The van der Waals surface area contributed by atoms with Gasteiger partial charge in [-0.3, -0.25) is 4.72 Å². The Kier molecular flexibility index (Phi) is 4.04. The minimum absolute atomic E-state index is 0.0954. The maximum atomic E-state index is 13.8. The van der Waals surface area contributed by atoms with Crippen molar-refractivity contribution in [2.45, 2.75) is 11.8 Å². The lowest BCUT2D eigenvalue weighted by Crippen LogP contribution is -2.16. The summed E-state index contributed by atoms with van der Waals surface area (Å²) in [5.74, 6) is -0.521. The van der Waals surface area contributed by atoms with Crippen molar-refractivity contribution < 1.29 is 17.5 Å². The molecule has 0 aliphatic heterocycles. The molecular formula is C14H15FN2O3S. The lowest BCUT2D eigenvalue weighted by atomic mass is 10.2. The van der Waals surface area contributed by atoms with Gasteiger partial charge in [0, 0.05) is 5.69 Å². The van der Waals surface area contributed by atoms with Crippen LogP contribution in [0.5, 0.6) is 5.75 Å². The fourth-order valence-corrected chi connectivity index (χ4v) is 3.20. The number of aryl methyl sites for hydroxylation is 1. The predicted molar refractivity (Wildman–Crippen MR) is 79.4 cm³/mol. The zero-order valence-corrected chi connectivity index (χ0v) is 12.4. The second-order valence-corrected chi connectivity index (χ2v) is 6.10. The van der Waals surface area contributed by atoms with Crippen molar-refractivity contribution in [3.63, 3.8) is 0 Å². The predicted octanol–water partition coefficient (Wildman–Crippen LogP) is 2.53. The third kappa shape index (κ3) is 3.08. The monoisotopic (exact) mass is 310 g/mol. The van der Waals surface area contributed by atoms with Crippen LogP contribution in [-0.2, 0) is 10.0 Å². The van der Waals surface area contributed by atoms with Crippen LogP contribution >= 0.6 is 0 Å². The minimum atomic E-state index is -4.02. The summed E-state index contributed by atoms with van der Waals surface area (Å²) in [7, 11) is -2.67. The van der Waals surface area contributed by atoms with E-state index in [1.54, 1.807) is 13.0 Å². The van der Waals surface area contributed by atoms with Crippen molar-refractivity contribution in [3.05, 3.63) is 47.8 Å². The van der Waals surface area contributed by atoms with Crippen molar-refractivity contribution in [3.8, 4) is 5.75 Å². The van der Waals surface area contributed by atoms with Crippen LogP contribution in [-0.4, -0.2) is 15.5 Å². The molecule has 0 heterocycles. The molecule has 2 aromatic rings. The lowest BCUT2D eigenvalue weighted by Gasteiger charge is -2.14. The maximum absolute atomic E-state index is 13.8. The Morgan fingerprint density at radius 2 is 1.95 bits per heavy atom. The van der Waals surface area contributed by atoms with Crippen molar-refractivity contribution in [2.24, 2.45) is 0 Å². The van der Waals surface area contributed by atoms with E-state index in [9.17, 15) is 12.8 Å². The molecule has 21 heavy (non-hydrogen) atoms. The zero-order valence-electron chi connectivity index (χ0n) is 11.6. The Morgan fingerprint density at radius 1 is 1.24 bits per heavy atom. The molecule has 2 rings (SSSR count). The Hall–Kier alpha value is -2.28. The number of hydrogen-bond donors (Lipinski definition) is 2. The summed E-state index contributed by atoms with van der Waals surface area (Å²) >= 11 is 0. The number of anilines is 2. The van der Waals surface area contributed by atoms with Gasteiger partial charge in [0.25, 0.3) is 10.0 Å². The van der Waals surface area contributed by atoms with Gasteiger partial charge in [-0.15, -0.1) is 0 Å². The fraction of sp³-hybridized carbons (Fsp3) is 0.143. The number of para-hydroxylation sites is 1. The van der Waals surface area contributed by atoms with Crippen LogP contribution < -0.4 is 15.2 Å². The topological polar surface area (TPSA) is 81.4 Å². The number of halogens is 1. The molecule has 0 radical (unpaired) electrons. The van der Waals surface area contributed by atoms with Crippen LogP contribution in [0.3, 0.4) is 0 Å². The molecule has 0 atom stereocenters.